The van der Waals surface area contributed by atoms with Crippen LogP contribution in [-0.4, -0.2) is 10.9 Å². The number of rotatable bonds is 7. The minimum absolute atomic E-state index is 0.128. The molecule has 0 aliphatic heterocycles. The summed E-state index contributed by atoms with van der Waals surface area (Å²) in [6.45, 7) is 4.71. The summed E-state index contributed by atoms with van der Waals surface area (Å²) in [7, 11) is 0. The lowest BCUT2D eigenvalue weighted by Crippen LogP contribution is -2.22. The molecular weight excluding hydrogens is 212 g/mol. The number of pyridine rings is 1. The van der Waals surface area contributed by atoms with Crippen molar-refractivity contribution >= 4 is 5.91 Å². The predicted molar refractivity (Wildman–Crippen MR) is 69.6 cm³/mol. The largest absolute Gasteiger partial charge is 0.350 e. The molecule has 1 aromatic rings. The van der Waals surface area contributed by atoms with Gasteiger partial charge in [0.05, 0.1) is 12.2 Å². The second kappa shape index (κ2) is 7.82. The Kier molecular flexibility index (Phi) is 6.30. The van der Waals surface area contributed by atoms with E-state index in [1.54, 1.807) is 0 Å². The van der Waals surface area contributed by atoms with E-state index in [2.05, 4.69) is 17.2 Å². The van der Waals surface area contributed by atoms with E-state index in [4.69, 9.17) is 0 Å². The Labute approximate surface area is 104 Å². The van der Waals surface area contributed by atoms with Crippen molar-refractivity contribution in [3.05, 3.63) is 29.6 Å². The van der Waals surface area contributed by atoms with Crippen molar-refractivity contribution < 1.29 is 4.79 Å². The van der Waals surface area contributed by atoms with E-state index in [0.717, 1.165) is 24.1 Å². The van der Waals surface area contributed by atoms with E-state index in [-0.39, 0.29) is 5.91 Å². The summed E-state index contributed by atoms with van der Waals surface area (Å²) < 4.78 is 0. The molecule has 1 rings (SSSR count). The van der Waals surface area contributed by atoms with Gasteiger partial charge >= 0.3 is 0 Å². The molecule has 3 nitrogen and oxygen atoms in total. The van der Waals surface area contributed by atoms with Crippen molar-refractivity contribution in [2.75, 3.05) is 0 Å². The molecule has 1 heterocycles. The molecule has 0 saturated carbocycles. The standard InChI is InChI=1S/C14H22N2O/c1-3-4-5-6-7-14(17)16-11-13-9-8-12(2)10-15-13/h8-10H,3-7,11H2,1-2H3,(H,16,17). The highest BCUT2D eigenvalue weighted by Crippen LogP contribution is 2.03. The number of aryl methyl sites for hydroxylation is 1. The maximum absolute atomic E-state index is 11.5. The quantitative estimate of drug-likeness (QED) is 0.737. The van der Waals surface area contributed by atoms with Crippen molar-refractivity contribution in [1.29, 1.82) is 0 Å². The Morgan fingerprint density at radius 2 is 2.12 bits per heavy atom. The van der Waals surface area contributed by atoms with Crippen molar-refractivity contribution in [2.45, 2.75) is 52.5 Å². The number of nitrogens with zero attached hydrogens (tertiary/aromatic N) is 1. The van der Waals surface area contributed by atoms with Crippen LogP contribution in [0.5, 0.6) is 0 Å². The Morgan fingerprint density at radius 3 is 2.76 bits per heavy atom. The number of unbranched alkanes of at least 4 members (excludes halogenated alkanes) is 3. The zero-order valence-corrected chi connectivity index (χ0v) is 10.8. The molecule has 0 fully saturated rings. The minimum atomic E-state index is 0.128. The lowest BCUT2D eigenvalue weighted by atomic mass is 10.1. The molecule has 0 aliphatic carbocycles. The van der Waals surface area contributed by atoms with Crippen molar-refractivity contribution in [1.82, 2.24) is 10.3 Å². The van der Waals surface area contributed by atoms with E-state index in [9.17, 15) is 4.79 Å². The monoisotopic (exact) mass is 234 g/mol. The third-order valence-corrected chi connectivity index (χ3v) is 2.70. The van der Waals surface area contributed by atoms with Gasteiger partial charge in [-0.1, -0.05) is 32.3 Å². The molecule has 94 valence electrons. The third-order valence-electron chi connectivity index (χ3n) is 2.70. The maximum atomic E-state index is 11.5. The van der Waals surface area contributed by atoms with Crippen LogP contribution >= 0.6 is 0 Å². The molecule has 0 aliphatic rings. The number of hydrogen-bond acceptors (Lipinski definition) is 2. The third kappa shape index (κ3) is 6.05. The molecule has 1 N–H and O–H groups in total. The fraction of sp³-hybridized carbons (Fsp3) is 0.571. The van der Waals surface area contributed by atoms with Crippen molar-refractivity contribution in [2.24, 2.45) is 0 Å². The highest BCUT2D eigenvalue weighted by atomic mass is 16.1. The van der Waals surface area contributed by atoms with Gasteiger partial charge in [-0.2, -0.15) is 0 Å². The summed E-state index contributed by atoms with van der Waals surface area (Å²) in [4.78, 5) is 15.8. The summed E-state index contributed by atoms with van der Waals surface area (Å²) in [6, 6.07) is 3.96. The molecule has 0 aromatic carbocycles. The fourth-order valence-electron chi connectivity index (χ4n) is 1.59. The molecular formula is C14H22N2O. The lowest BCUT2D eigenvalue weighted by Gasteiger charge is -2.04. The molecule has 0 bridgehead atoms. The van der Waals surface area contributed by atoms with Crippen LogP contribution < -0.4 is 5.32 Å². The van der Waals surface area contributed by atoms with E-state index in [0.29, 0.717) is 13.0 Å². The van der Waals surface area contributed by atoms with Crippen LogP contribution in [0.4, 0.5) is 0 Å². The second-order valence-corrected chi connectivity index (χ2v) is 4.41. The van der Waals surface area contributed by atoms with E-state index >= 15 is 0 Å². The van der Waals surface area contributed by atoms with Crippen LogP contribution in [0.15, 0.2) is 18.3 Å². The van der Waals surface area contributed by atoms with Crippen molar-refractivity contribution in [3.63, 3.8) is 0 Å². The van der Waals surface area contributed by atoms with Gasteiger partial charge in [0.15, 0.2) is 0 Å². The number of nitrogens with one attached hydrogen (secondary N) is 1. The fourth-order valence-corrected chi connectivity index (χ4v) is 1.59. The number of carbonyl (C=O) groups excluding carboxylic acids is 1. The first-order valence-electron chi connectivity index (χ1n) is 6.40. The van der Waals surface area contributed by atoms with E-state index < -0.39 is 0 Å². The smallest absolute Gasteiger partial charge is 0.220 e. The first-order valence-corrected chi connectivity index (χ1v) is 6.40. The molecule has 0 saturated heterocycles. The molecule has 17 heavy (non-hydrogen) atoms. The highest BCUT2D eigenvalue weighted by molar-refractivity contribution is 5.75. The van der Waals surface area contributed by atoms with Crippen LogP contribution in [0.25, 0.3) is 0 Å². The summed E-state index contributed by atoms with van der Waals surface area (Å²) in [5, 5.41) is 2.89. The number of carbonyl (C=O) groups is 1. The number of hydrogen-bond donors (Lipinski definition) is 1. The van der Waals surface area contributed by atoms with Crippen LogP contribution in [-0.2, 0) is 11.3 Å². The van der Waals surface area contributed by atoms with Gasteiger partial charge < -0.3 is 5.32 Å². The SMILES string of the molecule is CCCCCCC(=O)NCc1ccc(C)cn1. The van der Waals surface area contributed by atoms with Crippen LogP contribution in [0, 0.1) is 6.92 Å². The summed E-state index contributed by atoms with van der Waals surface area (Å²) in [5.41, 5.74) is 2.05. The Bertz CT molecular complexity index is 333. The molecule has 0 radical (unpaired) electrons. The summed E-state index contributed by atoms with van der Waals surface area (Å²) in [6.07, 6.45) is 7.00. The first kappa shape index (κ1) is 13.7. The normalized spacial score (nSPS) is 10.2. The van der Waals surface area contributed by atoms with Crippen molar-refractivity contribution in [3.8, 4) is 0 Å². The van der Waals surface area contributed by atoms with Gasteiger partial charge in [0.25, 0.3) is 0 Å². The van der Waals surface area contributed by atoms with Crippen LogP contribution in [0.2, 0.25) is 0 Å². The highest BCUT2D eigenvalue weighted by Gasteiger charge is 2.01. The average Bonchev–Trinajstić information content (AvgIpc) is 2.34. The molecule has 0 spiro atoms. The Balaban J connectivity index is 2.17. The number of amides is 1. The summed E-state index contributed by atoms with van der Waals surface area (Å²) in [5.74, 6) is 0.128. The molecule has 1 amide bonds. The molecule has 3 heteroatoms. The van der Waals surface area contributed by atoms with Gasteiger partial charge in [-0.15, -0.1) is 0 Å². The first-order chi connectivity index (χ1) is 8.22. The van der Waals surface area contributed by atoms with Gasteiger partial charge in [-0.25, -0.2) is 0 Å². The topological polar surface area (TPSA) is 42.0 Å². The van der Waals surface area contributed by atoms with E-state index in [1.165, 1.54) is 12.8 Å². The van der Waals surface area contributed by atoms with E-state index in [1.807, 2.05) is 25.3 Å². The van der Waals surface area contributed by atoms with Gasteiger partial charge in [0.2, 0.25) is 5.91 Å². The Hall–Kier alpha value is -1.38. The zero-order chi connectivity index (χ0) is 12.5. The predicted octanol–water partition coefficient (Wildman–Crippen LogP) is 2.98. The average molecular weight is 234 g/mol. The molecule has 0 atom stereocenters. The zero-order valence-electron chi connectivity index (χ0n) is 10.8. The molecule has 1 aromatic heterocycles. The second-order valence-electron chi connectivity index (χ2n) is 4.41. The van der Waals surface area contributed by atoms with Crippen LogP contribution in [0.1, 0.15) is 50.3 Å². The van der Waals surface area contributed by atoms with Gasteiger partial charge in [0, 0.05) is 12.6 Å². The minimum Gasteiger partial charge on any atom is -0.350 e. The van der Waals surface area contributed by atoms with Gasteiger partial charge in [0.1, 0.15) is 0 Å². The maximum Gasteiger partial charge on any atom is 0.220 e. The summed E-state index contributed by atoms with van der Waals surface area (Å²) >= 11 is 0. The molecule has 0 unspecified atom stereocenters. The Morgan fingerprint density at radius 1 is 1.29 bits per heavy atom. The lowest BCUT2D eigenvalue weighted by molar-refractivity contribution is -0.121. The number of aromatic nitrogens is 1. The van der Waals surface area contributed by atoms with Gasteiger partial charge in [-0.05, 0) is 25.0 Å². The van der Waals surface area contributed by atoms with Gasteiger partial charge in [-0.3, -0.25) is 9.78 Å². The van der Waals surface area contributed by atoms with Crippen LogP contribution in [0.3, 0.4) is 0 Å².